The summed E-state index contributed by atoms with van der Waals surface area (Å²) in [7, 11) is -0.814. The molecule has 0 radical (unpaired) electrons. The Kier molecular flexibility index (Phi) is 7.85. The van der Waals surface area contributed by atoms with Crippen molar-refractivity contribution in [2.24, 2.45) is 0 Å². The minimum Gasteiger partial charge on any atom is -0.497 e. The van der Waals surface area contributed by atoms with Crippen molar-refractivity contribution in [2.75, 3.05) is 32.0 Å². The van der Waals surface area contributed by atoms with Crippen molar-refractivity contribution in [2.45, 2.75) is 23.6 Å². The average molecular weight is 602 g/mol. The van der Waals surface area contributed by atoms with Crippen molar-refractivity contribution in [1.82, 2.24) is 9.88 Å². The van der Waals surface area contributed by atoms with Crippen LogP contribution in [0.3, 0.4) is 0 Å². The van der Waals surface area contributed by atoms with E-state index in [0.717, 1.165) is 24.4 Å². The number of alkyl halides is 3. The summed E-state index contributed by atoms with van der Waals surface area (Å²) in [6.07, 6.45) is -3.45. The molecule has 1 unspecified atom stereocenters. The second-order valence-electron chi connectivity index (χ2n) is 8.34. The Hall–Kier alpha value is -3.03. The summed E-state index contributed by atoms with van der Waals surface area (Å²) < 4.78 is 85.6. The molecule has 4 rings (SSSR count). The number of sulfonamides is 1. The molecule has 0 aliphatic carbocycles. The van der Waals surface area contributed by atoms with E-state index in [2.05, 4.69) is 25.6 Å². The smallest absolute Gasteiger partial charge is 0.419 e. The fourth-order valence-electron chi connectivity index (χ4n) is 3.69. The zero-order valence-electron chi connectivity index (χ0n) is 19.8. The van der Waals surface area contributed by atoms with Gasteiger partial charge in [-0.15, -0.1) is 0 Å². The van der Waals surface area contributed by atoms with Crippen molar-refractivity contribution < 1.29 is 35.8 Å². The molecule has 2 aromatic carbocycles. The van der Waals surface area contributed by atoms with Crippen LogP contribution in [0.15, 0.2) is 64.1 Å². The van der Waals surface area contributed by atoms with E-state index in [-0.39, 0.29) is 20.9 Å². The lowest BCUT2D eigenvalue weighted by molar-refractivity contribution is -0.139. The SMILES string of the molecule is COc1ccc(Oc2ncc(S(=O)(=O)Nc3ccc(C(F)(F)F)c(OC4CCN(C)C4)c3)cc2Br)cc1. The van der Waals surface area contributed by atoms with Gasteiger partial charge in [0, 0.05) is 19.2 Å². The number of pyridine rings is 1. The summed E-state index contributed by atoms with van der Waals surface area (Å²) in [4.78, 5) is 5.79. The third kappa shape index (κ3) is 6.65. The van der Waals surface area contributed by atoms with Gasteiger partial charge < -0.3 is 19.1 Å². The predicted molar refractivity (Wildman–Crippen MR) is 134 cm³/mol. The number of likely N-dealkylation sites (N-methyl/N-ethyl adjacent to an activating group) is 1. The summed E-state index contributed by atoms with van der Waals surface area (Å²) >= 11 is 3.25. The highest BCUT2D eigenvalue weighted by Crippen LogP contribution is 2.39. The molecule has 8 nitrogen and oxygen atoms in total. The van der Waals surface area contributed by atoms with E-state index < -0.39 is 33.6 Å². The molecule has 1 aromatic heterocycles. The third-order valence-electron chi connectivity index (χ3n) is 5.55. The molecule has 13 heteroatoms. The lowest BCUT2D eigenvalue weighted by Gasteiger charge is -2.19. The Labute approximate surface area is 220 Å². The van der Waals surface area contributed by atoms with Crippen molar-refractivity contribution >= 4 is 31.6 Å². The van der Waals surface area contributed by atoms with Crippen molar-refractivity contribution in [1.29, 1.82) is 0 Å². The van der Waals surface area contributed by atoms with Gasteiger partial charge in [0.2, 0.25) is 5.88 Å². The Morgan fingerprint density at radius 3 is 2.41 bits per heavy atom. The van der Waals surface area contributed by atoms with Crippen LogP contribution >= 0.6 is 15.9 Å². The predicted octanol–water partition coefficient (Wildman–Crippen LogP) is 5.55. The molecule has 2 heterocycles. The molecule has 198 valence electrons. The van der Waals surface area contributed by atoms with Crippen LogP contribution in [0.5, 0.6) is 23.1 Å². The van der Waals surface area contributed by atoms with Crippen LogP contribution < -0.4 is 18.9 Å². The highest BCUT2D eigenvalue weighted by Gasteiger charge is 2.36. The summed E-state index contributed by atoms with van der Waals surface area (Å²) in [5.74, 6) is 0.777. The Balaban J connectivity index is 1.54. The van der Waals surface area contributed by atoms with E-state index in [1.54, 1.807) is 24.3 Å². The van der Waals surface area contributed by atoms with Crippen LogP contribution in [0.25, 0.3) is 0 Å². The minimum atomic E-state index is -4.66. The highest BCUT2D eigenvalue weighted by molar-refractivity contribution is 9.10. The summed E-state index contributed by atoms with van der Waals surface area (Å²) in [6.45, 7) is 1.16. The van der Waals surface area contributed by atoms with Crippen LogP contribution in [-0.2, 0) is 16.2 Å². The molecule has 0 spiro atoms. The van der Waals surface area contributed by atoms with E-state index in [9.17, 15) is 21.6 Å². The van der Waals surface area contributed by atoms with Crippen molar-refractivity contribution in [3.05, 3.63) is 64.8 Å². The Morgan fingerprint density at radius 2 is 1.81 bits per heavy atom. The maximum absolute atomic E-state index is 13.5. The Morgan fingerprint density at radius 1 is 1.11 bits per heavy atom. The number of hydrogen-bond acceptors (Lipinski definition) is 7. The fraction of sp³-hybridized carbons (Fsp3) is 0.292. The molecule has 1 fully saturated rings. The first-order chi connectivity index (χ1) is 17.4. The third-order valence-corrected chi connectivity index (χ3v) is 7.46. The molecule has 0 saturated carbocycles. The van der Waals surface area contributed by atoms with Gasteiger partial charge in [0.15, 0.2) is 0 Å². The maximum atomic E-state index is 13.5. The number of anilines is 1. The first kappa shape index (κ1) is 27.0. The molecule has 0 bridgehead atoms. The normalized spacial score (nSPS) is 16.4. The van der Waals surface area contributed by atoms with Crippen LogP contribution in [-0.4, -0.2) is 51.7 Å². The van der Waals surface area contributed by atoms with Gasteiger partial charge in [0.05, 0.1) is 29.0 Å². The molecule has 3 aromatic rings. The minimum absolute atomic E-state index is 0.0796. The van der Waals surface area contributed by atoms with Gasteiger partial charge in [0.25, 0.3) is 10.0 Å². The quantitative estimate of drug-likeness (QED) is 0.362. The fourth-order valence-corrected chi connectivity index (χ4v) is 5.29. The summed E-state index contributed by atoms with van der Waals surface area (Å²) in [5, 5.41) is 0. The number of nitrogens with zero attached hydrogens (tertiary/aromatic N) is 2. The van der Waals surface area contributed by atoms with Gasteiger partial charge >= 0.3 is 6.18 Å². The molecule has 1 atom stereocenters. The van der Waals surface area contributed by atoms with E-state index >= 15 is 0 Å². The van der Waals surface area contributed by atoms with Crippen molar-refractivity contribution in [3.63, 3.8) is 0 Å². The van der Waals surface area contributed by atoms with E-state index in [1.165, 1.54) is 13.2 Å². The molecule has 1 aliphatic heterocycles. The molecule has 37 heavy (non-hydrogen) atoms. The second-order valence-corrected chi connectivity index (χ2v) is 10.9. The van der Waals surface area contributed by atoms with Gasteiger partial charge in [-0.2, -0.15) is 13.2 Å². The lowest BCUT2D eigenvalue weighted by Crippen LogP contribution is -2.23. The zero-order valence-corrected chi connectivity index (χ0v) is 22.2. The largest absolute Gasteiger partial charge is 0.497 e. The standard InChI is InChI=1S/C24H23BrF3N3O5S/c1-31-10-9-18(14-31)35-22-11-15(3-8-20(22)24(26,27)28)30-37(32,33)19-12-21(25)23(29-13-19)36-17-6-4-16(34-2)5-7-17/h3-8,11-13,18,30H,9-10,14H2,1-2H3. The van der Waals surface area contributed by atoms with E-state index in [0.29, 0.717) is 31.0 Å². The molecular weight excluding hydrogens is 579 g/mol. The second kappa shape index (κ2) is 10.8. The number of rotatable bonds is 8. The van der Waals surface area contributed by atoms with Crippen LogP contribution in [0.1, 0.15) is 12.0 Å². The van der Waals surface area contributed by atoms with E-state index in [1.807, 2.05) is 11.9 Å². The molecule has 1 saturated heterocycles. The highest BCUT2D eigenvalue weighted by atomic mass is 79.9. The number of ether oxygens (including phenoxy) is 3. The summed E-state index contributed by atoms with van der Waals surface area (Å²) in [5.41, 5.74) is -1.06. The van der Waals surface area contributed by atoms with Crippen LogP contribution in [0, 0.1) is 0 Å². The van der Waals surface area contributed by atoms with Gasteiger partial charge in [-0.05, 0) is 71.9 Å². The molecule has 0 amide bonds. The van der Waals surface area contributed by atoms with Crippen LogP contribution in [0.2, 0.25) is 0 Å². The Bertz CT molecular complexity index is 1370. The first-order valence-electron chi connectivity index (χ1n) is 11.0. The van der Waals surface area contributed by atoms with Crippen LogP contribution in [0.4, 0.5) is 18.9 Å². The number of benzene rings is 2. The molecular formula is C24H23BrF3N3O5S. The number of hydrogen-bond donors (Lipinski definition) is 1. The lowest BCUT2D eigenvalue weighted by atomic mass is 10.1. The first-order valence-corrected chi connectivity index (χ1v) is 13.3. The number of methoxy groups -OCH3 is 1. The number of likely N-dealkylation sites (tertiary alicyclic amines) is 1. The van der Waals surface area contributed by atoms with Gasteiger partial charge in [-0.3, -0.25) is 4.72 Å². The number of aromatic nitrogens is 1. The number of nitrogens with one attached hydrogen (secondary N) is 1. The zero-order chi connectivity index (χ0) is 26.8. The topological polar surface area (TPSA) is 90.0 Å². The van der Waals surface area contributed by atoms with Gasteiger partial charge in [-0.25, -0.2) is 13.4 Å². The molecule has 1 N–H and O–H groups in total. The van der Waals surface area contributed by atoms with Gasteiger partial charge in [0.1, 0.15) is 28.2 Å². The maximum Gasteiger partial charge on any atom is 0.419 e. The van der Waals surface area contributed by atoms with Crippen molar-refractivity contribution in [3.8, 4) is 23.1 Å². The van der Waals surface area contributed by atoms with E-state index in [4.69, 9.17) is 14.2 Å². The summed E-state index contributed by atoms with van der Waals surface area (Å²) in [6, 6.07) is 10.9. The molecule has 1 aliphatic rings. The van der Waals surface area contributed by atoms with Gasteiger partial charge in [-0.1, -0.05) is 0 Å². The average Bonchev–Trinajstić information content (AvgIpc) is 3.24. The monoisotopic (exact) mass is 601 g/mol. The number of halogens is 4.